The molecule has 1 aromatic carbocycles. The number of carbonyl (C=O) groups is 1. The van der Waals surface area contributed by atoms with Crippen LogP contribution in [0.4, 0.5) is 0 Å². The van der Waals surface area contributed by atoms with Crippen LogP contribution in [0.25, 0.3) is 0 Å². The Morgan fingerprint density at radius 2 is 1.70 bits per heavy atom. The number of hydrogen-bond acceptors (Lipinski definition) is 4. The Labute approximate surface area is 117 Å². The van der Waals surface area contributed by atoms with E-state index in [1.807, 2.05) is 20.8 Å². The van der Waals surface area contributed by atoms with Crippen molar-refractivity contribution in [1.29, 1.82) is 0 Å². The van der Waals surface area contributed by atoms with Gasteiger partial charge >= 0.3 is 5.97 Å². The topological polar surface area (TPSA) is 72.3 Å². The van der Waals surface area contributed by atoms with Crippen LogP contribution in [-0.2, 0) is 6.61 Å². The molecule has 0 spiro atoms. The Bertz CT molecular complexity index is 613. The van der Waals surface area contributed by atoms with Gasteiger partial charge in [0.15, 0.2) is 5.82 Å². The van der Waals surface area contributed by atoms with Crippen LogP contribution in [0.1, 0.15) is 32.9 Å². The average Bonchev–Trinajstić information content (AvgIpc) is 2.38. The fourth-order valence-electron chi connectivity index (χ4n) is 2.07. The summed E-state index contributed by atoms with van der Waals surface area (Å²) in [5, 5.41) is 8.77. The summed E-state index contributed by atoms with van der Waals surface area (Å²) in [6.45, 7) is 6.23. The van der Waals surface area contributed by atoms with Gasteiger partial charge in [0.2, 0.25) is 0 Å². The third-order valence-corrected chi connectivity index (χ3v) is 2.90. The summed E-state index contributed by atoms with van der Waals surface area (Å²) in [6.07, 6.45) is 2.56. The Balaban J connectivity index is 2.11. The Kier molecular flexibility index (Phi) is 3.98. The summed E-state index contributed by atoms with van der Waals surface area (Å²) in [5.41, 5.74) is 3.38. The molecule has 0 amide bonds. The van der Waals surface area contributed by atoms with Gasteiger partial charge < -0.3 is 9.84 Å². The number of carboxylic acids is 1. The predicted molar refractivity (Wildman–Crippen MR) is 74.0 cm³/mol. The Morgan fingerprint density at radius 3 is 2.20 bits per heavy atom. The first-order valence-corrected chi connectivity index (χ1v) is 6.22. The fraction of sp³-hybridized carbons (Fsp3) is 0.267. The second kappa shape index (κ2) is 5.69. The molecule has 0 fully saturated rings. The number of benzene rings is 1. The summed E-state index contributed by atoms with van der Waals surface area (Å²) in [5.74, 6) is 0.235. The van der Waals surface area contributed by atoms with Gasteiger partial charge in [0.05, 0.1) is 5.56 Å². The standard InChI is InChI=1S/C15H16N2O3/c1-9-4-10(2)14(11(3)5-9)20-8-13-16-6-12(7-17-13)15(18)19/h4-7H,8H2,1-3H3,(H,18,19). The highest BCUT2D eigenvalue weighted by Crippen LogP contribution is 2.25. The van der Waals surface area contributed by atoms with Crippen molar-refractivity contribution in [3.05, 3.63) is 52.6 Å². The lowest BCUT2D eigenvalue weighted by molar-refractivity contribution is 0.0695. The number of carboxylic acid groups (broad SMARTS) is 1. The van der Waals surface area contributed by atoms with Gasteiger partial charge in [0.1, 0.15) is 12.4 Å². The van der Waals surface area contributed by atoms with E-state index in [2.05, 4.69) is 22.1 Å². The zero-order valence-electron chi connectivity index (χ0n) is 11.7. The van der Waals surface area contributed by atoms with Gasteiger partial charge in [-0.1, -0.05) is 17.7 Å². The molecule has 0 saturated carbocycles. The van der Waals surface area contributed by atoms with E-state index in [0.29, 0.717) is 5.82 Å². The third-order valence-electron chi connectivity index (χ3n) is 2.90. The highest BCUT2D eigenvalue weighted by molar-refractivity contribution is 5.86. The molecule has 1 heterocycles. The molecular formula is C15H16N2O3. The summed E-state index contributed by atoms with van der Waals surface area (Å²) >= 11 is 0. The Hall–Kier alpha value is -2.43. The van der Waals surface area contributed by atoms with Crippen molar-refractivity contribution in [3.63, 3.8) is 0 Å². The highest BCUT2D eigenvalue weighted by Gasteiger charge is 2.08. The normalized spacial score (nSPS) is 10.3. The van der Waals surface area contributed by atoms with Crippen LogP contribution >= 0.6 is 0 Å². The van der Waals surface area contributed by atoms with Crippen LogP contribution in [-0.4, -0.2) is 21.0 Å². The molecule has 0 saturated heterocycles. The van der Waals surface area contributed by atoms with Crippen LogP contribution in [0.15, 0.2) is 24.5 Å². The molecule has 2 aromatic rings. The number of hydrogen-bond donors (Lipinski definition) is 1. The lowest BCUT2D eigenvalue weighted by Gasteiger charge is -2.12. The van der Waals surface area contributed by atoms with Crippen LogP contribution < -0.4 is 4.74 Å². The highest BCUT2D eigenvalue weighted by atomic mass is 16.5. The monoisotopic (exact) mass is 272 g/mol. The van der Waals surface area contributed by atoms with Crippen molar-refractivity contribution in [2.24, 2.45) is 0 Å². The molecule has 104 valence electrons. The zero-order valence-corrected chi connectivity index (χ0v) is 11.7. The van der Waals surface area contributed by atoms with Gasteiger partial charge in [-0.25, -0.2) is 14.8 Å². The number of aryl methyl sites for hydroxylation is 3. The lowest BCUT2D eigenvalue weighted by atomic mass is 10.1. The van der Waals surface area contributed by atoms with Crippen LogP contribution in [0, 0.1) is 20.8 Å². The van der Waals surface area contributed by atoms with Crippen molar-refractivity contribution in [1.82, 2.24) is 9.97 Å². The predicted octanol–water partition coefficient (Wildman–Crippen LogP) is 2.68. The molecule has 0 aliphatic rings. The number of nitrogens with zero attached hydrogens (tertiary/aromatic N) is 2. The van der Waals surface area contributed by atoms with Crippen molar-refractivity contribution < 1.29 is 14.6 Å². The first kappa shape index (κ1) is 14.0. The molecule has 0 aliphatic carbocycles. The SMILES string of the molecule is Cc1cc(C)c(OCc2ncc(C(=O)O)cn2)c(C)c1. The van der Waals surface area contributed by atoms with Crippen molar-refractivity contribution in [2.75, 3.05) is 0 Å². The smallest absolute Gasteiger partial charge is 0.338 e. The maximum absolute atomic E-state index is 10.7. The van der Waals surface area contributed by atoms with Crippen LogP contribution in [0.3, 0.4) is 0 Å². The first-order valence-electron chi connectivity index (χ1n) is 6.22. The minimum atomic E-state index is -1.04. The summed E-state index contributed by atoms with van der Waals surface area (Å²) < 4.78 is 5.74. The van der Waals surface area contributed by atoms with Crippen molar-refractivity contribution in [3.8, 4) is 5.75 Å². The molecule has 1 aromatic heterocycles. The molecule has 0 unspecified atom stereocenters. The van der Waals surface area contributed by atoms with E-state index >= 15 is 0 Å². The van der Waals surface area contributed by atoms with Crippen molar-refractivity contribution >= 4 is 5.97 Å². The fourth-order valence-corrected chi connectivity index (χ4v) is 2.07. The van der Waals surface area contributed by atoms with E-state index in [4.69, 9.17) is 9.84 Å². The van der Waals surface area contributed by atoms with Crippen LogP contribution in [0.5, 0.6) is 5.75 Å². The van der Waals surface area contributed by atoms with E-state index in [9.17, 15) is 4.79 Å². The largest absolute Gasteiger partial charge is 0.485 e. The van der Waals surface area contributed by atoms with E-state index in [0.717, 1.165) is 16.9 Å². The zero-order chi connectivity index (χ0) is 14.7. The average molecular weight is 272 g/mol. The molecular weight excluding hydrogens is 256 g/mol. The second-order valence-electron chi connectivity index (χ2n) is 4.71. The number of aromatic nitrogens is 2. The number of aromatic carboxylic acids is 1. The van der Waals surface area contributed by atoms with E-state index in [1.54, 1.807) is 0 Å². The molecule has 0 aliphatic heterocycles. The minimum Gasteiger partial charge on any atom is -0.485 e. The van der Waals surface area contributed by atoms with E-state index in [-0.39, 0.29) is 12.2 Å². The maximum atomic E-state index is 10.7. The van der Waals surface area contributed by atoms with Gasteiger partial charge in [-0.15, -0.1) is 0 Å². The first-order chi connectivity index (χ1) is 9.47. The van der Waals surface area contributed by atoms with Gasteiger partial charge in [0, 0.05) is 12.4 Å². The molecule has 1 N–H and O–H groups in total. The third kappa shape index (κ3) is 3.12. The molecule has 0 radical (unpaired) electrons. The summed E-state index contributed by atoms with van der Waals surface area (Å²) in [7, 11) is 0. The van der Waals surface area contributed by atoms with Gasteiger partial charge in [-0.05, 0) is 31.9 Å². The van der Waals surface area contributed by atoms with Crippen LogP contribution in [0.2, 0.25) is 0 Å². The Morgan fingerprint density at radius 1 is 1.15 bits per heavy atom. The van der Waals surface area contributed by atoms with E-state index < -0.39 is 5.97 Å². The van der Waals surface area contributed by atoms with Gasteiger partial charge in [-0.3, -0.25) is 0 Å². The summed E-state index contributed by atoms with van der Waals surface area (Å²) in [6, 6.07) is 4.10. The number of rotatable bonds is 4. The van der Waals surface area contributed by atoms with Crippen molar-refractivity contribution in [2.45, 2.75) is 27.4 Å². The van der Waals surface area contributed by atoms with Gasteiger partial charge in [-0.2, -0.15) is 0 Å². The molecule has 5 nitrogen and oxygen atoms in total. The lowest BCUT2D eigenvalue weighted by Crippen LogP contribution is -2.06. The quantitative estimate of drug-likeness (QED) is 0.926. The summed E-state index contributed by atoms with van der Waals surface area (Å²) in [4.78, 5) is 18.7. The molecule has 0 atom stereocenters. The minimum absolute atomic E-state index is 0.0662. The number of ether oxygens (including phenoxy) is 1. The second-order valence-corrected chi connectivity index (χ2v) is 4.71. The molecule has 0 bridgehead atoms. The molecule has 2 rings (SSSR count). The molecule has 20 heavy (non-hydrogen) atoms. The molecule has 5 heteroatoms. The maximum Gasteiger partial charge on any atom is 0.338 e. The van der Waals surface area contributed by atoms with E-state index in [1.165, 1.54) is 18.0 Å². The van der Waals surface area contributed by atoms with Gasteiger partial charge in [0.25, 0.3) is 0 Å².